The van der Waals surface area contributed by atoms with Gasteiger partial charge in [0, 0.05) is 139 Å². The minimum atomic E-state index is -0.673. The zero-order valence-corrected chi connectivity index (χ0v) is 71.3. The van der Waals surface area contributed by atoms with E-state index >= 15 is 0 Å². The second-order valence-corrected chi connectivity index (χ2v) is 35.0. The Hall–Kier alpha value is -10.7. The van der Waals surface area contributed by atoms with E-state index in [2.05, 4.69) is 75.0 Å². The molecule has 11 aromatic rings. The number of phenolic OH excluding ortho intramolecular Hbond substituents is 1. The minimum Gasteiger partial charge on any atom is -0.507 e. The maximum Gasteiger partial charge on any atom is 0.419 e. The second kappa shape index (κ2) is 36.6. The summed E-state index contributed by atoms with van der Waals surface area (Å²) in [5, 5.41) is 65.3. The smallest absolute Gasteiger partial charge is 0.419 e. The Bertz CT molecular complexity index is 5660. The van der Waals surface area contributed by atoms with Gasteiger partial charge in [0.2, 0.25) is 0 Å². The van der Waals surface area contributed by atoms with Crippen molar-refractivity contribution >= 4 is 57.8 Å². The number of aromatic hydroxyl groups is 1. The molecule has 6 bridgehead atoms. The van der Waals surface area contributed by atoms with Crippen LogP contribution in [0.3, 0.4) is 0 Å². The highest BCUT2D eigenvalue weighted by atomic mass is 35.5. The average Bonchev–Trinajstić information content (AvgIpc) is 1.62. The van der Waals surface area contributed by atoms with Crippen LogP contribution in [-0.4, -0.2) is 215 Å². The van der Waals surface area contributed by atoms with Crippen LogP contribution in [0.1, 0.15) is 153 Å². The predicted molar refractivity (Wildman–Crippen MR) is 462 cm³/mol. The molecular formula is C91H106ClN17O14. The Labute approximate surface area is 718 Å². The SMILES string of the molecule is COCOc1cc(-c2cnn(C3CCCCO3)c2)ccc1-c1cc2c(nn1)c(C1=CC3COCC(C1)N3)cn2C(=O)OC(C)(C)C.COCOc1cc(-c2cnn(C3CCCCO3)c2)ccc1-c1cc2c(nn1)c(C1CC3COCC(C1)N3)cn2C(=O)OC(C)(C)C.Cl.Oc1cc(-c2cn[nH]c2)ccc1-c1cc2c(nn1)C(C1CC3COCC(C1)N3)=CC2. The molecule has 32 heteroatoms. The van der Waals surface area contributed by atoms with E-state index in [4.69, 9.17) is 62.3 Å². The van der Waals surface area contributed by atoms with E-state index in [1.54, 1.807) is 37.2 Å². The number of fused-ring (bicyclic) bond motifs is 9. The Morgan fingerprint density at radius 3 is 1.59 bits per heavy atom. The topological polar surface area (TPSA) is 344 Å². The molecule has 1 aliphatic carbocycles. The number of ether oxygens (including phenoxy) is 11. The largest absolute Gasteiger partial charge is 0.507 e. The normalized spacial score (nSPS) is 23.0. The van der Waals surface area contributed by atoms with E-state index in [1.807, 2.05) is 149 Å². The number of hydrogen-bond acceptors (Lipinski definition) is 26. The van der Waals surface area contributed by atoms with Crippen LogP contribution in [0.2, 0.25) is 0 Å². The van der Waals surface area contributed by atoms with Crippen LogP contribution in [0, 0.1) is 5.92 Å². The summed E-state index contributed by atoms with van der Waals surface area (Å²) in [5.74, 6) is 2.07. The molecule has 8 aliphatic heterocycles. The van der Waals surface area contributed by atoms with Crippen LogP contribution in [0.5, 0.6) is 17.2 Å². The monoisotopic (exact) mass is 1700 g/mol. The molecule has 16 heterocycles. The lowest BCUT2D eigenvalue weighted by Crippen LogP contribution is -2.54. The van der Waals surface area contributed by atoms with E-state index in [-0.39, 0.29) is 74.3 Å². The third-order valence-electron chi connectivity index (χ3n) is 23.7. The van der Waals surface area contributed by atoms with Crippen molar-refractivity contribution in [3.63, 3.8) is 0 Å². The van der Waals surface area contributed by atoms with Crippen molar-refractivity contribution in [2.75, 3.05) is 80.7 Å². The van der Waals surface area contributed by atoms with Gasteiger partial charge in [-0.2, -0.15) is 15.3 Å². The van der Waals surface area contributed by atoms with Gasteiger partial charge in [-0.05, 0) is 218 Å². The molecule has 7 fully saturated rings. The molecule has 5 N–H and O–H groups in total. The van der Waals surface area contributed by atoms with Gasteiger partial charge in [0.05, 0.1) is 92.0 Å². The third-order valence-corrected chi connectivity index (χ3v) is 23.7. The fourth-order valence-electron chi connectivity index (χ4n) is 18.1. The summed E-state index contributed by atoms with van der Waals surface area (Å²) in [7, 11) is 3.16. The minimum absolute atomic E-state index is 0. The molecule has 646 valence electrons. The highest BCUT2D eigenvalue weighted by Crippen LogP contribution is 2.45. The summed E-state index contributed by atoms with van der Waals surface area (Å²) in [6.07, 6.45) is 30.3. The number of piperidine rings is 2. The van der Waals surface area contributed by atoms with Crippen molar-refractivity contribution in [1.29, 1.82) is 0 Å². The number of rotatable bonds is 17. The van der Waals surface area contributed by atoms with Crippen molar-refractivity contribution in [1.82, 2.24) is 85.4 Å². The zero-order valence-electron chi connectivity index (χ0n) is 70.5. The summed E-state index contributed by atoms with van der Waals surface area (Å²) in [4.78, 5) is 27.1. The number of aromatic nitrogens is 14. The van der Waals surface area contributed by atoms with Gasteiger partial charge in [-0.3, -0.25) is 14.2 Å². The molecule has 3 aromatic carbocycles. The Morgan fingerprint density at radius 2 is 1.05 bits per heavy atom. The first-order chi connectivity index (χ1) is 59.2. The van der Waals surface area contributed by atoms with Gasteiger partial charge in [-0.15, -0.1) is 43.0 Å². The number of nitrogens with one attached hydrogen (secondary N) is 4. The third kappa shape index (κ3) is 18.9. The summed E-state index contributed by atoms with van der Waals surface area (Å²) < 4.78 is 70.2. The first-order valence-electron chi connectivity index (χ1n) is 42.5. The number of benzene rings is 3. The van der Waals surface area contributed by atoms with Crippen molar-refractivity contribution < 1.29 is 66.8 Å². The van der Waals surface area contributed by atoms with Gasteiger partial charge in [-0.1, -0.05) is 30.4 Å². The van der Waals surface area contributed by atoms with E-state index in [9.17, 15) is 14.7 Å². The van der Waals surface area contributed by atoms with Crippen LogP contribution in [-0.2, 0) is 49.1 Å². The number of allylic oxidation sites excluding steroid dienone is 2. The van der Waals surface area contributed by atoms with Crippen LogP contribution in [0.25, 0.3) is 100 Å². The summed E-state index contributed by atoms with van der Waals surface area (Å²) >= 11 is 0. The highest BCUT2D eigenvalue weighted by Gasteiger charge is 2.39. The number of morpholine rings is 3. The molecule has 0 spiro atoms. The number of carbonyl (C=O) groups is 2. The number of phenols is 1. The quantitative estimate of drug-likeness (QED) is 0.0529. The van der Waals surface area contributed by atoms with E-state index < -0.39 is 23.4 Å². The molecule has 0 amide bonds. The number of aromatic amines is 1. The molecule has 9 aliphatic rings. The van der Waals surface area contributed by atoms with Gasteiger partial charge >= 0.3 is 12.2 Å². The van der Waals surface area contributed by atoms with Crippen molar-refractivity contribution in [3.8, 4) is 84.4 Å². The molecule has 0 radical (unpaired) electrons. The van der Waals surface area contributed by atoms with Crippen molar-refractivity contribution in [2.45, 2.75) is 184 Å². The van der Waals surface area contributed by atoms with Gasteiger partial charge in [0.15, 0.2) is 13.6 Å². The molecule has 0 saturated carbocycles. The molecule has 20 rings (SSSR count). The van der Waals surface area contributed by atoms with Crippen LogP contribution < -0.4 is 25.4 Å². The molecule has 7 saturated heterocycles. The molecule has 8 atom stereocenters. The predicted octanol–water partition coefficient (Wildman–Crippen LogP) is 14.6. The zero-order chi connectivity index (χ0) is 83.8. The van der Waals surface area contributed by atoms with Crippen LogP contribution in [0.15, 0.2) is 135 Å². The van der Waals surface area contributed by atoms with Gasteiger partial charge in [-0.25, -0.2) is 19.0 Å². The Kier molecular flexibility index (Phi) is 25.2. The Balaban J connectivity index is 0.000000133. The van der Waals surface area contributed by atoms with E-state index in [0.29, 0.717) is 106 Å². The molecule has 123 heavy (non-hydrogen) atoms. The lowest BCUT2D eigenvalue weighted by atomic mass is 9.81. The van der Waals surface area contributed by atoms with Crippen LogP contribution in [0.4, 0.5) is 9.59 Å². The second-order valence-electron chi connectivity index (χ2n) is 35.0. The fourth-order valence-corrected chi connectivity index (χ4v) is 18.1. The van der Waals surface area contributed by atoms with Gasteiger partial charge in [0.25, 0.3) is 0 Å². The highest BCUT2D eigenvalue weighted by molar-refractivity contribution is 5.98. The molecule has 8 unspecified atom stereocenters. The molecule has 31 nitrogen and oxygen atoms in total. The lowest BCUT2D eigenvalue weighted by molar-refractivity contribution is -0.0395. The van der Waals surface area contributed by atoms with Gasteiger partial charge < -0.3 is 73.2 Å². The summed E-state index contributed by atoms with van der Waals surface area (Å²) in [6, 6.07) is 25.0. The summed E-state index contributed by atoms with van der Waals surface area (Å²) in [6.45, 7) is 17.0. The first kappa shape index (κ1) is 84.5. The maximum absolute atomic E-state index is 13.5. The number of hydrogen-bond donors (Lipinski definition) is 5. The van der Waals surface area contributed by atoms with Crippen molar-refractivity contribution in [3.05, 3.63) is 157 Å². The molecular weight excluding hydrogens is 1590 g/mol. The van der Waals surface area contributed by atoms with Gasteiger partial charge in [0.1, 0.15) is 51.9 Å². The maximum atomic E-state index is 13.5. The average molecular weight is 1700 g/mol. The van der Waals surface area contributed by atoms with Crippen molar-refractivity contribution in [2.24, 2.45) is 5.92 Å². The lowest BCUT2D eigenvalue weighted by Gasteiger charge is -2.40. The summed E-state index contributed by atoms with van der Waals surface area (Å²) in [5.41, 5.74) is 17.3. The number of methoxy groups -OCH3 is 2. The number of carbonyl (C=O) groups excluding carboxylic acids is 2. The van der Waals surface area contributed by atoms with E-state index in [0.717, 1.165) is 165 Å². The molecule has 8 aromatic heterocycles. The first-order valence-corrected chi connectivity index (χ1v) is 42.5. The number of nitrogens with zero attached hydrogens (tertiary/aromatic N) is 13. The fraction of sp³-hybridized carbons (Fsp3) is 0.462. The Morgan fingerprint density at radius 1 is 0.528 bits per heavy atom. The van der Waals surface area contributed by atoms with Crippen LogP contribution >= 0.6 is 12.4 Å². The van der Waals surface area contributed by atoms with E-state index in [1.165, 1.54) is 15.7 Å². The number of halogens is 1. The number of H-pyrrole nitrogens is 1. The standard InChI is InChI=1S/C34H42N6O6.C34H40N6O6.C23H23N5O2.ClH/c2*1-34(2,3)46-33(41)39-17-27(22-11-24-18-43-19-25(12-22)36-24)32-29(39)14-28(37-38-32)26-9-8-21(13-30(26)45-20-42-4)23-15-35-40(16-23)31-7-5-6-10-44-31;29-22-8-13(16-9-24-25-10-16)1-4-20(22)21-7-14-2-3-19(23(14)28-27-21)15-5-17-11-30-12-18(6-15)26-17;/h8-9,13-17,22,24-25,31,36H,5-7,10-12,18-20H2,1-4H3;8-9,11,13-17,24-25,31,36H,5-7,10,12,18-20H2,1-4H3;1,3-4,7-10,15,17-18,26,29H,2,5-6,11-12H2,(H,24,25);1H.